The molecule has 106 valence electrons. The molecule has 2 heterocycles. The number of benzene rings is 1. The molecule has 3 rings (SSSR count). The van der Waals surface area contributed by atoms with E-state index < -0.39 is 6.09 Å². The highest BCUT2D eigenvalue weighted by molar-refractivity contribution is 9.10. The van der Waals surface area contributed by atoms with Gasteiger partial charge >= 0.3 is 6.09 Å². The lowest BCUT2D eigenvalue weighted by Crippen LogP contribution is -2.34. The van der Waals surface area contributed by atoms with Crippen molar-refractivity contribution in [1.82, 2.24) is 9.88 Å². The number of rotatable bonds is 1. The molecular weight excluding hydrogens is 354 g/mol. The smallest absolute Gasteiger partial charge is 0.407 e. The van der Waals surface area contributed by atoms with Crippen LogP contribution >= 0.6 is 27.3 Å². The minimum Gasteiger partial charge on any atom is -0.465 e. The van der Waals surface area contributed by atoms with E-state index in [1.165, 1.54) is 16.2 Å². The second kappa shape index (κ2) is 5.47. The predicted molar refractivity (Wildman–Crippen MR) is 82.1 cm³/mol. The molecule has 0 fully saturated rings. The summed E-state index contributed by atoms with van der Waals surface area (Å²) >= 11 is 4.83. The second-order valence-corrected chi connectivity index (χ2v) is 6.56. The Hall–Kier alpha value is -1.91. The number of nitriles is 1. The van der Waals surface area contributed by atoms with Crippen molar-refractivity contribution in [3.8, 4) is 16.6 Å². The van der Waals surface area contributed by atoms with Gasteiger partial charge in [0.2, 0.25) is 0 Å². The van der Waals surface area contributed by atoms with E-state index in [2.05, 4.69) is 27.0 Å². The lowest BCUT2D eigenvalue weighted by atomic mass is 10.1. The van der Waals surface area contributed by atoms with E-state index in [0.717, 1.165) is 25.6 Å². The van der Waals surface area contributed by atoms with Gasteiger partial charge < -0.3 is 10.0 Å². The number of thiazole rings is 1. The van der Waals surface area contributed by atoms with E-state index in [1.807, 2.05) is 18.2 Å². The van der Waals surface area contributed by atoms with Crippen molar-refractivity contribution in [2.24, 2.45) is 0 Å². The van der Waals surface area contributed by atoms with Crippen LogP contribution in [0.2, 0.25) is 0 Å². The number of halogens is 1. The molecule has 0 atom stereocenters. The van der Waals surface area contributed by atoms with Crippen LogP contribution in [0.3, 0.4) is 0 Å². The molecule has 1 amide bonds. The highest BCUT2D eigenvalue weighted by atomic mass is 79.9. The van der Waals surface area contributed by atoms with E-state index in [9.17, 15) is 10.1 Å². The molecule has 1 N–H and O–H groups in total. The number of fused-ring (bicyclic) bond motifs is 1. The number of aromatic nitrogens is 1. The van der Waals surface area contributed by atoms with E-state index in [1.54, 1.807) is 0 Å². The molecule has 0 unspecified atom stereocenters. The van der Waals surface area contributed by atoms with E-state index in [4.69, 9.17) is 5.11 Å². The van der Waals surface area contributed by atoms with E-state index in [0.29, 0.717) is 25.1 Å². The number of carboxylic acid groups (broad SMARTS) is 1. The Bertz CT molecular complexity index is 766. The maximum absolute atomic E-state index is 11.0. The molecule has 1 aromatic heterocycles. The molecule has 0 saturated heterocycles. The maximum Gasteiger partial charge on any atom is 0.407 e. The van der Waals surface area contributed by atoms with Gasteiger partial charge in [-0.15, -0.1) is 11.3 Å². The van der Waals surface area contributed by atoms with Crippen molar-refractivity contribution < 1.29 is 9.90 Å². The van der Waals surface area contributed by atoms with Gasteiger partial charge in [-0.2, -0.15) is 5.26 Å². The molecule has 1 aliphatic rings. The van der Waals surface area contributed by atoms with Gasteiger partial charge in [0.05, 0.1) is 17.8 Å². The zero-order valence-electron chi connectivity index (χ0n) is 10.8. The molecule has 1 aliphatic heterocycles. The van der Waals surface area contributed by atoms with Gasteiger partial charge in [-0.3, -0.25) is 0 Å². The molecule has 0 saturated carbocycles. The van der Waals surface area contributed by atoms with Gasteiger partial charge in [0.25, 0.3) is 0 Å². The molecule has 5 nitrogen and oxygen atoms in total. The molecule has 1 aromatic carbocycles. The highest BCUT2D eigenvalue weighted by Gasteiger charge is 2.24. The summed E-state index contributed by atoms with van der Waals surface area (Å²) in [6, 6.07) is 7.74. The quantitative estimate of drug-likeness (QED) is 0.841. The summed E-state index contributed by atoms with van der Waals surface area (Å²) in [7, 11) is 0. The normalized spacial score (nSPS) is 13.6. The molecule has 0 spiro atoms. The molecule has 7 heteroatoms. The van der Waals surface area contributed by atoms with Gasteiger partial charge in [-0.1, -0.05) is 12.1 Å². The first-order chi connectivity index (χ1) is 10.1. The Labute approximate surface area is 133 Å². The molecule has 0 bridgehead atoms. The van der Waals surface area contributed by atoms with Crippen LogP contribution in [0.5, 0.6) is 0 Å². The first-order valence-corrected chi connectivity index (χ1v) is 7.86. The Morgan fingerprint density at radius 2 is 2.33 bits per heavy atom. The third-order valence-electron chi connectivity index (χ3n) is 3.36. The highest BCUT2D eigenvalue weighted by Crippen LogP contribution is 2.35. The van der Waals surface area contributed by atoms with Crippen LogP contribution in [0.4, 0.5) is 4.79 Å². The number of hydrogen-bond donors (Lipinski definition) is 1. The van der Waals surface area contributed by atoms with Crippen LogP contribution < -0.4 is 0 Å². The number of carbonyl (C=O) groups is 1. The minimum atomic E-state index is -0.907. The van der Waals surface area contributed by atoms with E-state index in [-0.39, 0.29) is 0 Å². The predicted octanol–water partition coefficient (Wildman–Crippen LogP) is 3.48. The zero-order chi connectivity index (χ0) is 15.0. The maximum atomic E-state index is 11.0. The van der Waals surface area contributed by atoms with Crippen molar-refractivity contribution in [1.29, 1.82) is 5.26 Å². The third-order valence-corrected chi connectivity index (χ3v) is 5.13. The summed E-state index contributed by atoms with van der Waals surface area (Å²) < 4.78 is 0.739. The molecule has 2 aromatic rings. The molecule has 21 heavy (non-hydrogen) atoms. The lowest BCUT2D eigenvalue weighted by molar-refractivity contribution is 0.140. The minimum absolute atomic E-state index is 0.373. The monoisotopic (exact) mass is 363 g/mol. The fourth-order valence-corrected chi connectivity index (χ4v) is 3.90. The average Bonchev–Trinajstić information content (AvgIpc) is 2.89. The van der Waals surface area contributed by atoms with Gasteiger partial charge in [0.15, 0.2) is 0 Å². The molecular formula is C14H10BrN3O2S. The fourth-order valence-electron chi connectivity index (χ4n) is 2.29. The summed E-state index contributed by atoms with van der Waals surface area (Å²) in [4.78, 5) is 18.0. The Balaban J connectivity index is 2.02. The average molecular weight is 364 g/mol. The lowest BCUT2D eigenvalue weighted by Gasteiger charge is -2.22. The van der Waals surface area contributed by atoms with Crippen LogP contribution in [0.1, 0.15) is 16.1 Å². The summed E-state index contributed by atoms with van der Waals surface area (Å²) in [6.45, 7) is 0.841. The van der Waals surface area contributed by atoms with Crippen molar-refractivity contribution in [2.45, 2.75) is 13.0 Å². The zero-order valence-corrected chi connectivity index (χ0v) is 13.2. The topological polar surface area (TPSA) is 77.2 Å². The van der Waals surface area contributed by atoms with Gasteiger partial charge in [-0.25, -0.2) is 9.78 Å². The van der Waals surface area contributed by atoms with E-state index >= 15 is 0 Å². The Morgan fingerprint density at radius 1 is 1.52 bits per heavy atom. The van der Waals surface area contributed by atoms with Crippen LogP contribution in [-0.2, 0) is 13.0 Å². The number of amides is 1. The summed E-state index contributed by atoms with van der Waals surface area (Å²) in [5.41, 5.74) is 2.28. The SMILES string of the molecule is N#Cc1c(Br)cccc1-c1nc2c(s1)CN(C(=O)O)CC2. The third kappa shape index (κ3) is 2.52. The number of hydrogen-bond acceptors (Lipinski definition) is 4. The van der Waals surface area contributed by atoms with Crippen molar-refractivity contribution in [2.75, 3.05) is 6.54 Å². The summed E-state index contributed by atoms with van der Waals surface area (Å²) in [5, 5.41) is 19.1. The fraction of sp³-hybridized carbons (Fsp3) is 0.214. The standard InChI is InChI=1S/C14H10BrN3O2S/c15-10-3-1-2-8(9(10)6-16)13-17-11-4-5-18(14(19)20)7-12(11)21-13/h1-3H,4-5,7H2,(H,19,20). The first kappa shape index (κ1) is 14.0. The van der Waals surface area contributed by atoms with Crippen LogP contribution in [0.25, 0.3) is 10.6 Å². The second-order valence-electron chi connectivity index (χ2n) is 4.62. The van der Waals surface area contributed by atoms with Crippen molar-refractivity contribution in [3.63, 3.8) is 0 Å². The van der Waals surface area contributed by atoms with Gasteiger partial charge in [0.1, 0.15) is 11.1 Å². The molecule has 0 radical (unpaired) electrons. The largest absolute Gasteiger partial charge is 0.465 e. The van der Waals surface area contributed by atoms with Crippen LogP contribution in [0, 0.1) is 11.3 Å². The van der Waals surface area contributed by atoms with Gasteiger partial charge in [0, 0.05) is 27.9 Å². The number of nitrogens with zero attached hydrogens (tertiary/aromatic N) is 3. The summed E-state index contributed by atoms with van der Waals surface area (Å²) in [5.74, 6) is 0. The first-order valence-electron chi connectivity index (χ1n) is 6.25. The molecule has 0 aliphatic carbocycles. The van der Waals surface area contributed by atoms with Gasteiger partial charge in [-0.05, 0) is 22.0 Å². The van der Waals surface area contributed by atoms with Crippen molar-refractivity contribution in [3.05, 3.63) is 38.8 Å². The summed E-state index contributed by atoms with van der Waals surface area (Å²) in [6.07, 6.45) is -0.288. The Kier molecular flexibility index (Phi) is 3.66. The van der Waals surface area contributed by atoms with Crippen LogP contribution in [0.15, 0.2) is 22.7 Å². The van der Waals surface area contributed by atoms with Crippen molar-refractivity contribution >= 4 is 33.4 Å². The Morgan fingerprint density at radius 3 is 3.05 bits per heavy atom. The van der Waals surface area contributed by atoms with Crippen LogP contribution in [-0.4, -0.2) is 27.6 Å².